The molecule has 0 unspecified atom stereocenters. The van der Waals surface area contributed by atoms with Gasteiger partial charge in [0.05, 0.1) is 0 Å². The molecule has 0 bridgehead atoms. The van der Waals surface area contributed by atoms with Gasteiger partial charge in [-0.05, 0) is 50.1 Å². The molecule has 0 atom stereocenters. The van der Waals surface area contributed by atoms with Gasteiger partial charge in [-0.15, -0.1) is 0 Å². The molecule has 0 spiro atoms. The number of fused-ring (bicyclic) bond motifs is 1. The van der Waals surface area contributed by atoms with Gasteiger partial charge < -0.3 is 15.6 Å². The lowest BCUT2D eigenvalue weighted by Crippen LogP contribution is -2.14. The number of rotatable bonds is 3. The Kier molecular flexibility index (Phi) is 4.23. The molecule has 1 amide bonds. The third-order valence-electron chi connectivity index (χ3n) is 4.11. The highest BCUT2D eigenvalue weighted by Crippen LogP contribution is 2.35. The molecule has 0 aliphatic heterocycles. The van der Waals surface area contributed by atoms with Crippen LogP contribution in [0.25, 0.3) is 10.8 Å². The topological polar surface area (TPSA) is 109 Å². The number of primary amides is 1. The lowest BCUT2D eigenvalue weighted by atomic mass is 10.1. The quantitative estimate of drug-likeness (QED) is 0.752. The molecule has 0 radical (unpaired) electrons. The zero-order valence-electron chi connectivity index (χ0n) is 14.6. The summed E-state index contributed by atoms with van der Waals surface area (Å²) in [6.45, 7) is 5.92. The van der Waals surface area contributed by atoms with E-state index in [1.54, 1.807) is 18.2 Å². The van der Waals surface area contributed by atoms with E-state index in [0.29, 0.717) is 11.1 Å². The second-order valence-electron chi connectivity index (χ2n) is 6.17. The zero-order valence-corrected chi connectivity index (χ0v) is 14.6. The molecule has 2 aromatic carbocycles. The summed E-state index contributed by atoms with van der Waals surface area (Å²) in [5.41, 5.74) is 8.02. The molecule has 0 saturated carbocycles. The number of carbonyl (C=O) groups excluding carboxylic acids is 1. The molecular weight excluding hydrogens is 330 g/mol. The first-order valence-electron chi connectivity index (χ1n) is 7.94. The van der Waals surface area contributed by atoms with E-state index in [2.05, 4.69) is 4.98 Å². The number of hydrogen-bond donors (Lipinski definition) is 2. The Morgan fingerprint density at radius 1 is 1.15 bits per heavy atom. The van der Waals surface area contributed by atoms with Crippen molar-refractivity contribution in [1.82, 2.24) is 4.98 Å². The van der Waals surface area contributed by atoms with Gasteiger partial charge in [-0.25, -0.2) is 4.98 Å². The highest BCUT2D eigenvalue weighted by Gasteiger charge is 2.18. The van der Waals surface area contributed by atoms with Crippen molar-refractivity contribution in [2.24, 2.45) is 5.73 Å². The van der Waals surface area contributed by atoms with Crippen LogP contribution < -0.4 is 10.5 Å². The van der Waals surface area contributed by atoms with E-state index in [0.717, 1.165) is 22.4 Å². The number of hydrogen-bond acceptors (Lipinski definition) is 5. The summed E-state index contributed by atoms with van der Waals surface area (Å²) in [5, 5.41) is 20.3. The Bertz CT molecular complexity index is 1070. The maximum Gasteiger partial charge on any atom is 0.271 e. The molecule has 0 aliphatic rings. The third kappa shape index (κ3) is 2.91. The highest BCUT2D eigenvalue weighted by molar-refractivity contribution is 6.02. The van der Waals surface area contributed by atoms with E-state index in [9.17, 15) is 15.2 Å². The molecule has 3 N–H and O–H groups in total. The number of benzene rings is 2. The Balaban J connectivity index is 2.17. The van der Waals surface area contributed by atoms with Gasteiger partial charge in [0.25, 0.3) is 5.91 Å². The minimum Gasteiger partial charge on any atom is -0.505 e. The van der Waals surface area contributed by atoms with Gasteiger partial charge in [0.15, 0.2) is 11.4 Å². The molecule has 6 nitrogen and oxygen atoms in total. The standard InChI is InChI=1S/C20H17N3O3/c1-10-6-11(2)19(12(3)7-10)26-13-4-5-14-15(8-13)18(24)17(20(22)25)23-16(14)9-21/h4-8,24H,1-3H3,(H2,22,25). The van der Waals surface area contributed by atoms with E-state index in [1.807, 2.05) is 39.0 Å². The summed E-state index contributed by atoms with van der Waals surface area (Å²) in [6.07, 6.45) is 0. The SMILES string of the molecule is Cc1cc(C)c(Oc2ccc3c(C#N)nc(C(N)=O)c(O)c3c2)c(C)c1. The minimum atomic E-state index is -0.905. The summed E-state index contributed by atoms with van der Waals surface area (Å²) in [7, 11) is 0. The Morgan fingerprint density at radius 2 is 1.81 bits per heavy atom. The smallest absolute Gasteiger partial charge is 0.271 e. The fourth-order valence-corrected chi connectivity index (χ4v) is 3.04. The molecule has 1 heterocycles. The van der Waals surface area contributed by atoms with Crippen molar-refractivity contribution >= 4 is 16.7 Å². The summed E-state index contributed by atoms with van der Waals surface area (Å²) >= 11 is 0. The average molecular weight is 347 g/mol. The van der Waals surface area contributed by atoms with Crippen LogP contribution in [0.5, 0.6) is 17.2 Å². The Morgan fingerprint density at radius 3 is 2.38 bits per heavy atom. The molecule has 26 heavy (non-hydrogen) atoms. The number of aromatic hydroxyl groups is 1. The van der Waals surface area contributed by atoms with E-state index >= 15 is 0 Å². The monoisotopic (exact) mass is 347 g/mol. The van der Waals surface area contributed by atoms with Crippen LogP contribution in [0.1, 0.15) is 32.9 Å². The number of ether oxygens (including phenoxy) is 1. The maximum absolute atomic E-state index is 11.5. The normalized spacial score (nSPS) is 10.5. The fourth-order valence-electron chi connectivity index (χ4n) is 3.04. The van der Waals surface area contributed by atoms with Gasteiger partial charge in [-0.3, -0.25) is 4.79 Å². The van der Waals surface area contributed by atoms with E-state index in [4.69, 9.17) is 10.5 Å². The summed E-state index contributed by atoms with van der Waals surface area (Å²) in [6, 6.07) is 10.8. The van der Waals surface area contributed by atoms with Crippen molar-refractivity contribution in [1.29, 1.82) is 5.26 Å². The maximum atomic E-state index is 11.5. The first-order chi connectivity index (χ1) is 12.3. The predicted molar refractivity (Wildman–Crippen MR) is 97.4 cm³/mol. The van der Waals surface area contributed by atoms with Crippen molar-refractivity contribution in [3.8, 4) is 23.3 Å². The second kappa shape index (κ2) is 6.37. The molecule has 6 heteroatoms. The highest BCUT2D eigenvalue weighted by atomic mass is 16.5. The first kappa shape index (κ1) is 17.2. The second-order valence-corrected chi connectivity index (χ2v) is 6.17. The molecule has 3 aromatic rings. The van der Waals surface area contributed by atoms with Gasteiger partial charge in [-0.2, -0.15) is 5.26 Å². The predicted octanol–water partition coefficient (Wildman–Crippen LogP) is 3.63. The van der Waals surface area contributed by atoms with Crippen LogP contribution in [-0.4, -0.2) is 16.0 Å². The molecule has 0 saturated heterocycles. The summed E-state index contributed by atoms with van der Waals surface area (Å²) in [4.78, 5) is 15.3. The summed E-state index contributed by atoms with van der Waals surface area (Å²) in [5.74, 6) is -0.0840. The van der Waals surface area contributed by atoms with Gasteiger partial charge in [0.2, 0.25) is 0 Å². The number of nitriles is 1. The lowest BCUT2D eigenvalue weighted by Gasteiger charge is -2.14. The van der Waals surface area contributed by atoms with Crippen LogP contribution in [0.3, 0.4) is 0 Å². The molecule has 3 rings (SSSR count). The fraction of sp³-hybridized carbons (Fsp3) is 0.150. The van der Waals surface area contributed by atoms with Crippen molar-refractivity contribution in [2.75, 3.05) is 0 Å². The van der Waals surface area contributed by atoms with Crippen LogP contribution in [0.2, 0.25) is 0 Å². The molecule has 1 aromatic heterocycles. The van der Waals surface area contributed by atoms with Gasteiger partial charge in [0, 0.05) is 10.8 Å². The number of aryl methyl sites for hydroxylation is 3. The van der Waals surface area contributed by atoms with Crippen molar-refractivity contribution in [3.63, 3.8) is 0 Å². The molecule has 130 valence electrons. The van der Waals surface area contributed by atoms with Gasteiger partial charge >= 0.3 is 0 Å². The number of pyridine rings is 1. The average Bonchev–Trinajstić information content (AvgIpc) is 2.58. The van der Waals surface area contributed by atoms with E-state index < -0.39 is 5.91 Å². The van der Waals surface area contributed by atoms with Crippen LogP contribution in [0.15, 0.2) is 30.3 Å². The van der Waals surface area contributed by atoms with Crippen LogP contribution >= 0.6 is 0 Å². The number of aromatic nitrogens is 1. The largest absolute Gasteiger partial charge is 0.505 e. The molecule has 0 aliphatic carbocycles. The summed E-state index contributed by atoms with van der Waals surface area (Å²) < 4.78 is 6.00. The Hall–Kier alpha value is -3.59. The molecule has 0 fully saturated rings. The van der Waals surface area contributed by atoms with Crippen molar-refractivity contribution in [3.05, 3.63) is 58.4 Å². The van der Waals surface area contributed by atoms with E-state index in [-0.39, 0.29) is 22.5 Å². The number of amides is 1. The van der Waals surface area contributed by atoms with E-state index in [1.165, 1.54) is 0 Å². The lowest BCUT2D eigenvalue weighted by molar-refractivity contribution is 0.0993. The van der Waals surface area contributed by atoms with Crippen molar-refractivity contribution in [2.45, 2.75) is 20.8 Å². The number of carbonyl (C=O) groups is 1. The first-order valence-corrected chi connectivity index (χ1v) is 7.94. The van der Waals surface area contributed by atoms with Crippen LogP contribution in [-0.2, 0) is 0 Å². The third-order valence-corrected chi connectivity index (χ3v) is 4.11. The van der Waals surface area contributed by atoms with Crippen LogP contribution in [0, 0.1) is 32.1 Å². The zero-order chi connectivity index (χ0) is 19.0. The molecular formula is C20H17N3O3. The van der Waals surface area contributed by atoms with Gasteiger partial charge in [0.1, 0.15) is 23.3 Å². The minimum absolute atomic E-state index is 0.0147. The number of nitrogens with two attached hydrogens (primary N) is 1. The number of nitrogens with zero attached hydrogens (tertiary/aromatic N) is 2. The Labute approximate surface area is 150 Å². The van der Waals surface area contributed by atoms with Crippen molar-refractivity contribution < 1.29 is 14.6 Å². The van der Waals surface area contributed by atoms with Crippen LogP contribution in [0.4, 0.5) is 0 Å². The van der Waals surface area contributed by atoms with Gasteiger partial charge in [-0.1, -0.05) is 17.7 Å².